The quantitative estimate of drug-likeness (QED) is 0.176. The van der Waals surface area contributed by atoms with Gasteiger partial charge in [0.2, 0.25) is 0 Å². The third kappa shape index (κ3) is 5.93. The van der Waals surface area contributed by atoms with Crippen molar-refractivity contribution in [3.05, 3.63) is 165 Å². The van der Waals surface area contributed by atoms with Crippen LogP contribution in [0.4, 0.5) is 0 Å². The summed E-state index contributed by atoms with van der Waals surface area (Å²) < 4.78 is 21.3. The molecule has 1 aliphatic rings. The van der Waals surface area contributed by atoms with Gasteiger partial charge in [0.05, 0.1) is 0 Å². The number of nitrogens with one attached hydrogen (secondary N) is 1. The first kappa shape index (κ1) is 29.8. The Labute approximate surface area is 261 Å². The predicted octanol–water partition coefficient (Wildman–Crippen LogP) is 3.63. The maximum absolute atomic E-state index is 12.9. The van der Waals surface area contributed by atoms with Gasteiger partial charge in [-0.1, -0.05) is 0 Å². The molecule has 2 N–H and O–H groups in total. The van der Waals surface area contributed by atoms with Crippen LogP contribution < -0.4 is 20.4 Å². The number of ether oxygens (including phenoxy) is 3. The zero-order chi connectivity index (χ0) is 30.5. The van der Waals surface area contributed by atoms with Crippen LogP contribution in [0.2, 0.25) is 4.82 Å². The molecule has 0 saturated carbocycles. The van der Waals surface area contributed by atoms with Crippen LogP contribution in [-0.4, -0.2) is 55.5 Å². The maximum atomic E-state index is 12.9. The molecule has 0 bridgehead atoms. The molecule has 8 nitrogen and oxygen atoms in total. The Hall–Kier alpha value is -4.24. The molecule has 2 heterocycles. The molecule has 0 unspecified atom stereocenters. The summed E-state index contributed by atoms with van der Waals surface area (Å²) in [6, 6.07) is 38.8. The van der Waals surface area contributed by atoms with E-state index in [1.54, 1.807) is 7.11 Å². The van der Waals surface area contributed by atoms with Crippen LogP contribution in [0.25, 0.3) is 0 Å². The molecule has 44 heavy (non-hydrogen) atoms. The predicted molar refractivity (Wildman–Crippen MR) is 169 cm³/mol. The van der Waals surface area contributed by atoms with Gasteiger partial charge in [-0.3, -0.25) is 0 Å². The molecule has 0 amide bonds. The summed E-state index contributed by atoms with van der Waals surface area (Å²) in [6.07, 6.45) is -1.09. The standard InChI is InChI=1S/C35H32N2O6Se/c1-41-27-19-17-26(18-20-27)35(24-11-5-2-6-12-24,25-13-7-3-8-14-25)42-23-29-31(39)32(44-28-15-9-4-10-16-28)33(43-29)37-22-21-30(38)36-34(37)40/h2-22,29,31-33,39H,23H2,1H3,(H,36,38,40)/t29-,31-,32-,33-/m1/s1. The molecule has 1 saturated heterocycles. The zero-order valence-corrected chi connectivity index (χ0v) is 25.7. The minimum absolute atomic E-state index is 0.0208. The second-order valence-corrected chi connectivity index (χ2v) is 13.0. The van der Waals surface area contributed by atoms with E-state index in [1.807, 2.05) is 115 Å². The first-order chi connectivity index (χ1) is 21.5. The first-order valence-electron chi connectivity index (χ1n) is 14.3. The Bertz CT molecular complexity index is 1740. The number of rotatable bonds is 10. The number of H-pyrrole nitrogens is 1. The Kier molecular flexibility index (Phi) is 8.93. The molecule has 1 aliphatic heterocycles. The average Bonchev–Trinajstić information content (AvgIpc) is 3.37. The van der Waals surface area contributed by atoms with Crippen molar-refractivity contribution in [1.82, 2.24) is 9.55 Å². The molecule has 4 atom stereocenters. The number of hydrogen-bond donors (Lipinski definition) is 2. The number of aromatic amines is 1. The van der Waals surface area contributed by atoms with Gasteiger partial charge in [0, 0.05) is 0 Å². The van der Waals surface area contributed by atoms with E-state index in [0.717, 1.165) is 26.9 Å². The van der Waals surface area contributed by atoms with Crippen LogP contribution >= 0.6 is 0 Å². The number of aliphatic hydroxyl groups is 1. The molecule has 4 aromatic carbocycles. The van der Waals surface area contributed by atoms with E-state index in [0.29, 0.717) is 0 Å². The molecule has 1 fully saturated rings. The molecule has 0 radical (unpaired) electrons. The molecule has 6 rings (SSSR count). The fraction of sp³-hybridized carbons (Fsp3) is 0.200. The second kappa shape index (κ2) is 13.2. The fourth-order valence-electron chi connectivity index (χ4n) is 5.62. The van der Waals surface area contributed by atoms with Crippen molar-refractivity contribution in [2.24, 2.45) is 0 Å². The van der Waals surface area contributed by atoms with Gasteiger partial charge in [-0.2, -0.15) is 0 Å². The summed E-state index contributed by atoms with van der Waals surface area (Å²) in [4.78, 5) is 26.6. The van der Waals surface area contributed by atoms with Crippen LogP contribution in [-0.2, 0) is 15.1 Å². The van der Waals surface area contributed by atoms with Gasteiger partial charge in [0.25, 0.3) is 0 Å². The van der Waals surface area contributed by atoms with Crippen LogP contribution in [0.5, 0.6) is 5.75 Å². The van der Waals surface area contributed by atoms with Crippen molar-refractivity contribution in [3.8, 4) is 5.75 Å². The summed E-state index contributed by atoms with van der Waals surface area (Å²) in [5.74, 6) is 0.721. The van der Waals surface area contributed by atoms with Crippen molar-refractivity contribution in [2.45, 2.75) is 28.9 Å². The average molecular weight is 656 g/mol. The third-order valence-electron chi connectivity index (χ3n) is 7.77. The number of aliphatic hydroxyl groups excluding tert-OH is 1. The van der Waals surface area contributed by atoms with Crippen molar-refractivity contribution in [2.75, 3.05) is 13.7 Å². The fourth-order valence-corrected chi connectivity index (χ4v) is 8.25. The summed E-state index contributed by atoms with van der Waals surface area (Å²) in [6.45, 7) is 0.0208. The van der Waals surface area contributed by atoms with E-state index in [4.69, 9.17) is 14.2 Å². The van der Waals surface area contributed by atoms with Gasteiger partial charge in [-0.05, 0) is 0 Å². The zero-order valence-electron chi connectivity index (χ0n) is 24.0. The van der Waals surface area contributed by atoms with Crippen LogP contribution in [0, 0.1) is 0 Å². The van der Waals surface area contributed by atoms with Gasteiger partial charge in [0.1, 0.15) is 0 Å². The van der Waals surface area contributed by atoms with Gasteiger partial charge >= 0.3 is 262 Å². The van der Waals surface area contributed by atoms with Crippen LogP contribution in [0.3, 0.4) is 0 Å². The molecule has 0 spiro atoms. The number of aromatic nitrogens is 2. The summed E-state index contributed by atoms with van der Waals surface area (Å²) in [5.41, 5.74) is 0.549. The molecule has 9 heteroatoms. The molecule has 5 aromatic rings. The first-order valence-corrected chi connectivity index (χ1v) is 16.1. The SMILES string of the molecule is COc1ccc(C(OC[C@H]2O[C@@H](n3ccc(=O)[nH]c3=O)[C@H]([Se]c3ccccc3)[C@@H]2O)(c2ccccc2)c2ccccc2)cc1. The molecule has 1 aromatic heterocycles. The monoisotopic (exact) mass is 656 g/mol. The molecular weight excluding hydrogens is 623 g/mol. The number of methoxy groups -OCH3 is 1. The van der Waals surface area contributed by atoms with Crippen LogP contribution in [0.15, 0.2) is 137 Å². The number of benzene rings is 4. The van der Waals surface area contributed by atoms with Crippen molar-refractivity contribution in [1.29, 1.82) is 0 Å². The van der Waals surface area contributed by atoms with Crippen molar-refractivity contribution >= 4 is 19.4 Å². The normalized spacial score (nSPS) is 20.0. The van der Waals surface area contributed by atoms with Crippen LogP contribution in [0.1, 0.15) is 22.9 Å². The van der Waals surface area contributed by atoms with E-state index in [2.05, 4.69) is 4.98 Å². The van der Waals surface area contributed by atoms with Gasteiger partial charge in [-0.25, -0.2) is 0 Å². The molecule has 224 valence electrons. The third-order valence-corrected chi connectivity index (χ3v) is 10.6. The summed E-state index contributed by atoms with van der Waals surface area (Å²) in [7, 11) is 1.63. The van der Waals surface area contributed by atoms with Gasteiger partial charge < -0.3 is 0 Å². The topological polar surface area (TPSA) is 103 Å². The van der Waals surface area contributed by atoms with Gasteiger partial charge in [0.15, 0.2) is 0 Å². The minimum atomic E-state index is -1.05. The Morgan fingerprint density at radius 1 is 0.818 bits per heavy atom. The second-order valence-electron chi connectivity index (χ2n) is 10.4. The van der Waals surface area contributed by atoms with E-state index in [1.165, 1.54) is 16.8 Å². The number of nitrogens with zero attached hydrogens (tertiary/aromatic N) is 1. The van der Waals surface area contributed by atoms with Crippen molar-refractivity contribution in [3.63, 3.8) is 0 Å². The molecule has 0 aliphatic carbocycles. The Morgan fingerprint density at radius 3 is 1.95 bits per heavy atom. The van der Waals surface area contributed by atoms with Gasteiger partial charge in [-0.15, -0.1) is 0 Å². The van der Waals surface area contributed by atoms with E-state index in [-0.39, 0.29) is 21.6 Å². The summed E-state index contributed by atoms with van der Waals surface area (Å²) in [5, 5.41) is 11.8. The van der Waals surface area contributed by atoms with E-state index >= 15 is 0 Å². The van der Waals surface area contributed by atoms with E-state index in [9.17, 15) is 14.7 Å². The molecular formula is C35H32N2O6Se. The Morgan fingerprint density at radius 2 is 1.39 bits per heavy atom. The van der Waals surface area contributed by atoms with E-state index < -0.39 is 40.1 Å². The van der Waals surface area contributed by atoms with Crippen molar-refractivity contribution < 1.29 is 19.3 Å². The number of hydrogen-bond acceptors (Lipinski definition) is 6. The Balaban J connectivity index is 1.40. The summed E-state index contributed by atoms with van der Waals surface area (Å²) >= 11 is -0.262.